The van der Waals surface area contributed by atoms with Crippen LogP contribution < -0.4 is 10.1 Å². The van der Waals surface area contributed by atoms with Crippen LogP contribution in [0.2, 0.25) is 5.02 Å². The largest absolute Gasteiger partial charge is 0.491 e. The molecule has 0 saturated heterocycles. The van der Waals surface area contributed by atoms with Crippen LogP contribution in [0.3, 0.4) is 0 Å². The van der Waals surface area contributed by atoms with E-state index in [4.69, 9.17) is 21.1 Å². The average Bonchev–Trinajstić information content (AvgIpc) is 2.89. The van der Waals surface area contributed by atoms with Gasteiger partial charge in [-0.15, -0.1) is 0 Å². The number of aromatic nitrogens is 2. The van der Waals surface area contributed by atoms with Crippen LogP contribution in [0.5, 0.6) is 5.75 Å². The Bertz CT molecular complexity index is 1050. The first-order valence-electron chi connectivity index (χ1n) is 9.46. The molecule has 3 aromatic rings. The summed E-state index contributed by atoms with van der Waals surface area (Å²) in [4.78, 5) is 19.6. The molecule has 2 aromatic carbocycles. The van der Waals surface area contributed by atoms with Crippen LogP contribution in [-0.4, -0.2) is 53.8 Å². The summed E-state index contributed by atoms with van der Waals surface area (Å²) in [5, 5.41) is 3.87. The fourth-order valence-electron chi connectivity index (χ4n) is 3.47. The SMILES string of the molecule is COCCNc1nc2cc(C(=O)N3CCOc4ccc(Cl)cc4C3)ccc2n1C. The number of rotatable bonds is 5. The predicted octanol–water partition coefficient (Wildman–Crippen LogP) is 3.32. The van der Waals surface area contributed by atoms with Crippen molar-refractivity contribution in [3.8, 4) is 5.75 Å². The number of nitrogens with zero attached hydrogens (tertiary/aromatic N) is 3. The zero-order valence-corrected chi connectivity index (χ0v) is 17.2. The molecule has 0 fully saturated rings. The Labute approximate surface area is 174 Å². The molecule has 152 valence electrons. The maximum absolute atomic E-state index is 13.2. The number of carbonyl (C=O) groups is 1. The van der Waals surface area contributed by atoms with Crippen LogP contribution in [0.1, 0.15) is 15.9 Å². The fourth-order valence-corrected chi connectivity index (χ4v) is 3.67. The van der Waals surface area contributed by atoms with Gasteiger partial charge in [0.2, 0.25) is 5.95 Å². The van der Waals surface area contributed by atoms with Crippen LogP contribution in [0, 0.1) is 0 Å². The minimum Gasteiger partial charge on any atom is -0.491 e. The van der Waals surface area contributed by atoms with E-state index in [0.29, 0.717) is 43.4 Å². The number of methoxy groups -OCH3 is 1. The van der Waals surface area contributed by atoms with E-state index in [0.717, 1.165) is 28.3 Å². The highest BCUT2D eigenvalue weighted by molar-refractivity contribution is 6.30. The van der Waals surface area contributed by atoms with Gasteiger partial charge in [0, 0.05) is 43.4 Å². The quantitative estimate of drug-likeness (QED) is 0.648. The summed E-state index contributed by atoms with van der Waals surface area (Å²) >= 11 is 6.12. The molecule has 1 aromatic heterocycles. The van der Waals surface area contributed by atoms with Crippen molar-refractivity contribution in [1.29, 1.82) is 0 Å². The van der Waals surface area contributed by atoms with E-state index in [1.807, 2.05) is 41.9 Å². The minimum atomic E-state index is -0.0529. The van der Waals surface area contributed by atoms with Crippen molar-refractivity contribution in [2.45, 2.75) is 6.54 Å². The fraction of sp³-hybridized carbons (Fsp3) is 0.333. The molecule has 0 atom stereocenters. The van der Waals surface area contributed by atoms with Crippen LogP contribution >= 0.6 is 11.6 Å². The van der Waals surface area contributed by atoms with Crippen molar-refractivity contribution in [3.63, 3.8) is 0 Å². The third-order valence-corrected chi connectivity index (χ3v) is 5.24. The Morgan fingerprint density at radius 2 is 2.17 bits per heavy atom. The number of halogens is 1. The summed E-state index contributed by atoms with van der Waals surface area (Å²) in [7, 11) is 3.60. The van der Waals surface area contributed by atoms with Crippen LogP contribution in [0.4, 0.5) is 5.95 Å². The number of fused-ring (bicyclic) bond motifs is 2. The lowest BCUT2D eigenvalue weighted by atomic mass is 10.1. The van der Waals surface area contributed by atoms with E-state index in [1.54, 1.807) is 18.1 Å². The van der Waals surface area contributed by atoms with E-state index in [-0.39, 0.29) is 5.91 Å². The lowest BCUT2D eigenvalue weighted by Crippen LogP contribution is -2.32. The summed E-state index contributed by atoms with van der Waals surface area (Å²) in [6.07, 6.45) is 0. The first-order valence-corrected chi connectivity index (χ1v) is 9.84. The third kappa shape index (κ3) is 4.02. The molecular formula is C21H23ClN4O3. The van der Waals surface area contributed by atoms with Gasteiger partial charge < -0.3 is 24.3 Å². The lowest BCUT2D eigenvalue weighted by Gasteiger charge is -2.20. The van der Waals surface area contributed by atoms with E-state index in [2.05, 4.69) is 10.3 Å². The number of carbonyl (C=O) groups excluding carboxylic acids is 1. The third-order valence-electron chi connectivity index (χ3n) is 5.01. The van der Waals surface area contributed by atoms with Gasteiger partial charge in [0.15, 0.2) is 0 Å². The summed E-state index contributed by atoms with van der Waals surface area (Å²) < 4.78 is 12.8. The second-order valence-corrected chi connectivity index (χ2v) is 7.38. The number of anilines is 1. The predicted molar refractivity (Wildman–Crippen MR) is 113 cm³/mol. The highest BCUT2D eigenvalue weighted by Crippen LogP contribution is 2.27. The van der Waals surface area contributed by atoms with Crippen molar-refractivity contribution >= 4 is 34.5 Å². The van der Waals surface area contributed by atoms with E-state index < -0.39 is 0 Å². The molecule has 4 rings (SSSR count). The smallest absolute Gasteiger partial charge is 0.254 e. The first kappa shape index (κ1) is 19.5. The zero-order chi connectivity index (χ0) is 20.4. The molecule has 0 bridgehead atoms. The van der Waals surface area contributed by atoms with Gasteiger partial charge in [-0.05, 0) is 36.4 Å². The summed E-state index contributed by atoms with van der Waals surface area (Å²) in [6, 6.07) is 11.1. The maximum Gasteiger partial charge on any atom is 0.254 e. The van der Waals surface area contributed by atoms with Gasteiger partial charge in [0.25, 0.3) is 5.91 Å². The topological polar surface area (TPSA) is 68.6 Å². The number of aryl methyl sites for hydroxylation is 1. The minimum absolute atomic E-state index is 0.0529. The van der Waals surface area contributed by atoms with Crippen LogP contribution in [0.15, 0.2) is 36.4 Å². The van der Waals surface area contributed by atoms with Crippen molar-refractivity contribution in [2.75, 3.05) is 38.7 Å². The molecule has 29 heavy (non-hydrogen) atoms. The molecule has 0 aliphatic carbocycles. The van der Waals surface area contributed by atoms with Gasteiger partial charge in [0.1, 0.15) is 12.4 Å². The summed E-state index contributed by atoms with van der Waals surface area (Å²) in [5.74, 6) is 1.47. The van der Waals surface area contributed by atoms with Gasteiger partial charge in [-0.1, -0.05) is 11.6 Å². The highest BCUT2D eigenvalue weighted by Gasteiger charge is 2.22. The Balaban J connectivity index is 1.58. The first-order chi connectivity index (χ1) is 14.1. The monoisotopic (exact) mass is 414 g/mol. The van der Waals surface area contributed by atoms with Crippen molar-refractivity contribution in [3.05, 3.63) is 52.5 Å². The normalized spacial score (nSPS) is 13.7. The number of hydrogen-bond acceptors (Lipinski definition) is 5. The van der Waals surface area contributed by atoms with Gasteiger partial charge in [-0.25, -0.2) is 4.98 Å². The molecule has 2 heterocycles. The number of ether oxygens (including phenoxy) is 2. The Morgan fingerprint density at radius 1 is 1.31 bits per heavy atom. The van der Waals surface area contributed by atoms with E-state index >= 15 is 0 Å². The second-order valence-electron chi connectivity index (χ2n) is 6.94. The summed E-state index contributed by atoms with van der Waals surface area (Å²) in [6.45, 7) is 2.67. The van der Waals surface area contributed by atoms with E-state index in [9.17, 15) is 4.79 Å². The zero-order valence-electron chi connectivity index (χ0n) is 16.4. The van der Waals surface area contributed by atoms with Crippen molar-refractivity contribution in [1.82, 2.24) is 14.5 Å². The second kappa shape index (κ2) is 8.31. The Morgan fingerprint density at radius 3 is 3.00 bits per heavy atom. The molecular weight excluding hydrogens is 392 g/mol. The highest BCUT2D eigenvalue weighted by atomic mass is 35.5. The molecule has 0 saturated carbocycles. The molecule has 1 amide bonds. The Kier molecular flexibility index (Phi) is 5.60. The molecule has 7 nitrogen and oxygen atoms in total. The van der Waals surface area contributed by atoms with Crippen molar-refractivity contribution in [2.24, 2.45) is 7.05 Å². The van der Waals surface area contributed by atoms with Gasteiger partial charge in [-0.2, -0.15) is 0 Å². The number of amides is 1. The molecule has 1 aliphatic rings. The van der Waals surface area contributed by atoms with Crippen LogP contribution in [-0.2, 0) is 18.3 Å². The van der Waals surface area contributed by atoms with Gasteiger partial charge >= 0.3 is 0 Å². The standard InChI is InChI=1S/C21H23ClN4O3/c1-25-18-5-3-14(12-17(18)24-21(25)23-7-9-28-2)20(27)26-8-10-29-19-6-4-16(22)11-15(19)13-26/h3-6,11-12H,7-10,13H2,1-2H3,(H,23,24). The molecule has 0 radical (unpaired) electrons. The van der Waals surface area contributed by atoms with Crippen molar-refractivity contribution < 1.29 is 14.3 Å². The van der Waals surface area contributed by atoms with Crippen LogP contribution in [0.25, 0.3) is 11.0 Å². The van der Waals surface area contributed by atoms with Gasteiger partial charge in [0.05, 0.1) is 24.2 Å². The number of imidazole rings is 1. The molecule has 1 aliphatic heterocycles. The number of hydrogen-bond donors (Lipinski definition) is 1. The Hall–Kier alpha value is -2.77. The maximum atomic E-state index is 13.2. The molecule has 0 unspecified atom stereocenters. The molecule has 8 heteroatoms. The average molecular weight is 415 g/mol. The lowest BCUT2D eigenvalue weighted by molar-refractivity contribution is 0.0733. The molecule has 0 spiro atoms. The van der Waals surface area contributed by atoms with E-state index in [1.165, 1.54) is 0 Å². The summed E-state index contributed by atoms with van der Waals surface area (Å²) in [5.41, 5.74) is 3.24. The van der Waals surface area contributed by atoms with Gasteiger partial charge in [-0.3, -0.25) is 4.79 Å². The number of nitrogens with one attached hydrogen (secondary N) is 1. The number of benzene rings is 2. The molecule has 1 N–H and O–H groups in total.